The number of likely N-dealkylation sites (tertiary alicyclic amines) is 1. The van der Waals surface area contributed by atoms with Crippen LogP contribution in [-0.2, 0) is 0 Å². The normalized spacial score (nSPS) is 14.9. The number of rotatable bonds is 2. The summed E-state index contributed by atoms with van der Waals surface area (Å²) < 4.78 is 0. The predicted octanol–water partition coefficient (Wildman–Crippen LogP) is 4.13. The molecule has 0 saturated carbocycles. The van der Waals surface area contributed by atoms with E-state index in [1.807, 2.05) is 18.2 Å². The van der Waals surface area contributed by atoms with Gasteiger partial charge >= 0.3 is 6.09 Å². The lowest BCUT2D eigenvalue weighted by Crippen LogP contribution is -2.48. The highest BCUT2D eigenvalue weighted by molar-refractivity contribution is 6.36. The molecule has 1 fully saturated rings. The monoisotopic (exact) mass is 322 g/mol. The average molecular weight is 323 g/mol. The Labute approximate surface area is 131 Å². The molecular weight excluding hydrogens is 311 g/mol. The molecule has 0 spiro atoms. The smallest absolute Gasteiger partial charge is 0.407 e. The van der Waals surface area contributed by atoms with Crippen molar-refractivity contribution in [3.8, 4) is 11.1 Å². The van der Waals surface area contributed by atoms with E-state index in [0.717, 1.165) is 16.8 Å². The lowest BCUT2D eigenvalue weighted by molar-refractivity contribution is 0.104. The fraction of sp³-hybridized carbons (Fsp3) is 0.200. The van der Waals surface area contributed by atoms with Gasteiger partial charge in [-0.15, -0.1) is 0 Å². The van der Waals surface area contributed by atoms with E-state index in [1.165, 1.54) is 4.90 Å². The average Bonchev–Trinajstić information content (AvgIpc) is 2.38. The van der Waals surface area contributed by atoms with Gasteiger partial charge in [-0.1, -0.05) is 35.3 Å². The number of amides is 1. The molecule has 1 amide bonds. The summed E-state index contributed by atoms with van der Waals surface area (Å²) in [7, 11) is 0. The third-order valence-corrected chi connectivity index (χ3v) is 4.15. The molecule has 1 saturated heterocycles. The lowest BCUT2D eigenvalue weighted by Gasteiger charge is -2.36. The van der Waals surface area contributed by atoms with Gasteiger partial charge in [0.2, 0.25) is 0 Å². The Morgan fingerprint density at radius 1 is 1.24 bits per heavy atom. The molecule has 0 atom stereocenters. The van der Waals surface area contributed by atoms with Crippen LogP contribution in [0.4, 0.5) is 4.79 Å². The molecule has 2 heterocycles. The molecule has 1 N–H and O–H groups in total. The Bertz CT molecular complexity index is 683. The van der Waals surface area contributed by atoms with Crippen molar-refractivity contribution in [2.45, 2.75) is 5.92 Å². The second kappa shape index (κ2) is 5.54. The fourth-order valence-corrected chi connectivity index (χ4v) is 2.87. The third kappa shape index (κ3) is 2.82. The first-order valence-corrected chi connectivity index (χ1v) is 7.19. The first kappa shape index (κ1) is 14.2. The molecule has 3 rings (SSSR count). The number of benzene rings is 1. The number of aromatic nitrogens is 1. The summed E-state index contributed by atoms with van der Waals surface area (Å²) in [4.78, 5) is 16.5. The van der Waals surface area contributed by atoms with Crippen LogP contribution < -0.4 is 0 Å². The van der Waals surface area contributed by atoms with Crippen LogP contribution in [0.25, 0.3) is 11.1 Å². The van der Waals surface area contributed by atoms with Crippen LogP contribution >= 0.6 is 23.2 Å². The van der Waals surface area contributed by atoms with Gasteiger partial charge in [-0.2, -0.15) is 0 Å². The number of nitrogens with zero attached hydrogens (tertiary/aromatic N) is 2. The molecule has 1 aliphatic heterocycles. The molecule has 0 radical (unpaired) electrons. The number of carbonyl (C=O) groups is 1. The molecule has 6 heteroatoms. The van der Waals surface area contributed by atoms with Crippen LogP contribution in [0.3, 0.4) is 0 Å². The largest absolute Gasteiger partial charge is 0.465 e. The second-order valence-corrected chi connectivity index (χ2v) is 5.82. The summed E-state index contributed by atoms with van der Waals surface area (Å²) in [6.07, 6.45) is 0.879. The molecule has 0 unspecified atom stereocenters. The zero-order valence-corrected chi connectivity index (χ0v) is 12.5. The van der Waals surface area contributed by atoms with Crippen LogP contribution in [0.15, 0.2) is 36.5 Å². The summed E-state index contributed by atoms with van der Waals surface area (Å²) >= 11 is 12.1. The molecular formula is C15H12Cl2N2O2. The van der Waals surface area contributed by atoms with Crippen LogP contribution in [-0.4, -0.2) is 34.2 Å². The van der Waals surface area contributed by atoms with Crippen molar-refractivity contribution in [3.05, 3.63) is 52.3 Å². The number of carboxylic acid groups (broad SMARTS) is 1. The summed E-state index contributed by atoms with van der Waals surface area (Å²) in [5.74, 6) is 0.177. The maximum atomic E-state index is 10.7. The minimum absolute atomic E-state index is 0.177. The highest BCUT2D eigenvalue weighted by Crippen LogP contribution is 2.31. The molecule has 108 valence electrons. The minimum atomic E-state index is -0.879. The molecule has 21 heavy (non-hydrogen) atoms. The van der Waals surface area contributed by atoms with Gasteiger partial charge in [0.25, 0.3) is 0 Å². The van der Waals surface area contributed by atoms with Crippen molar-refractivity contribution in [2.75, 3.05) is 13.1 Å². The highest BCUT2D eigenvalue weighted by atomic mass is 35.5. The summed E-state index contributed by atoms with van der Waals surface area (Å²) in [5.41, 5.74) is 2.69. The van der Waals surface area contributed by atoms with E-state index in [0.29, 0.717) is 23.1 Å². The first-order chi connectivity index (χ1) is 10.0. The number of hydrogen-bond acceptors (Lipinski definition) is 2. The van der Waals surface area contributed by atoms with Gasteiger partial charge in [0, 0.05) is 52.1 Å². The number of hydrogen-bond donors (Lipinski definition) is 1. The standard InChI is InChI=1S/C15H12Cl2N2O2/c16-11-2-3-12(13(17)5-11)9-1-4-14(18-6-9)10-7-19(8-10)15(20)21/h1-6,10H,7-8H2,(H,20,21). The Hall–Kier alpha value is -1.78. The Morgan fingerprint density at radius 2 is 2.00 bits per heavy atom. The van der Waals surface area contributed by atoms with Gasteiger partial charge < -0.3 is 10.0 Å². The van der Waals surface area contributed by atoms with Crippen LogP contribution in [0.5, 0.6) is 0 Å². The van der Waals surface area contributed by atoms with E-state index >= 15 is 0 Å². The van der Waals surface area contributed by atoms with Gasteiger partial charge in [0.15, 0.2) is 0 Å². The second-order valence-electron chi connectivity index (χ2n) is 4.98. The maximum Gasteiger partial charge on any atom is 0.407 e. The predicted molar refractivity (Wildman–Crippen MR) is 82.0 cm³/mol. The third-order valence-electron chi connectivity index (χ3n) is 3.60. The molecule has 0 aliphatic carbocycles. The highest BCUT2D eigenvalue weighted by Gasteiger charge is 2.32. The molecule has 1 aromatic heterocycles. The molecule has 4 nitrogen and oxygen atoms in total. The Morgan fingerprint density at radius 3 is 2.57 bits per heavy atom. The Kier molecular flexibility index (Phi) is 3.74. The van der Waals surface area contributed by atoms with Crippen LogP contribution in [0, 0.1) is 0 Å². The van der Waals surface area contributed by atoms with Gasteiger partial charge in [-0.05, 0) is 18.2 Å². The van der Waals surface area contributed by atoms with Crippen molar-refractivity contribution < 1.29 is 9.90 Å². The van der Waals surface area contributed by atoms with Crippen LogP contribution in [0.1, 0.15) is 11.6 Å². The lowest BCUT2D eigenvalue weighted by atomic mass is 9.95. The molecule has 1 aliphatic rings. The topological polar surface area (TPSA) is 53.4 Å². The zero-order valence-electron chi connectivity index (χ0n) is 11.0. The van der Waals surface area contributed by atoms with E-state index in [1.54, 1.807) is 18.3 Å². The van der Waals surface area contributed by atoms with Gasteiger partial charge in [0.1, 0.15) is 0 Å². The molecule has 1 aromatic carbocycles. The fourth-order valence-electron chi connectivity index (χ4n) is 2.35. The summed E-state index contributed by atoms with van der Waals surface area (Å²) in [6.45, 7) is 1.01. The Balaban J connectivity index is 1.77. The number of halogens is 2. The van der Waals surface area contributed by atoms with Crippen molar-refractivity contribution in [1.29, 1.82) is 0 Å². The quantitative estimate of drug-likeness (QED) is 0.904. The summed E-state index contributed by atoms with van der Waals surface area (Å²) in [6, 6.07) is 9.21. The minimum Gasteiger partial charge on any atom is -0.465 e. The van der Waals surface area contributed by atoms with Crippen LogP contribution in [0.2, 0.25) is 10.0 Å². The summed E-state index contributed by atoms with van der Waals surface area (Å²) in [5, 5.41) is 10.00. The van der Waals surface area contributed by atoms with Crippen molar-refractivity contribution >= 4 is 29.3 Å². The van der Waals surface area contributed by atoms with Crippen molar-refractivity contribution in [2.24, 2.45) is 0 Å². The van der Waals surface area contributed by atoms with E-state index in [9.17, 15) is 4.79 Å². The van der Waals surface area contributed by atoms with E-state index in [2.05, 4.69) is 4.98 Å². The SMILES string of the molecule is O=C(O)N1CC(c2ccc(-c3ccc(Cl)cc3Cl)cn2)C1. The zero-order chi connectivity index (χ0) is 15.0. The first-order valence-electron chi connectivity index (χ1n) is 6.44. The van der Waals surface area contributed by atoms with Gasteiger partial charge in [0.05, 0.1) is 0 Å². The van der Waals surface area contributed by atoms with Gasteiger partial charge in [-0.25, -0.2) is 4.79 Å². The molecule has 0 bridgehead atoms. The van der Waals surface area contributed by atoms with E-state index in [4.69, 9.17) is 28.3 Å². The van der Waals surface area contributed by atoms with Crippen molar-refractivity contribution in [3.63, 3.8) is 0 Å². The van der Waals surface area contributed by atoms with Crippen molar-refractivity contribution in [1.82, 2.24) is 9.88 Å². The number of pyridine rings is 1. The van der Waals surface area contributed by atoms with E-state index in [-0.39, 0.29) is 5.92 Å². The molecule has 2 aromatic rings. The maximum absolute atomic E-state index is 10.7. The van der Waals surface area contributed by atoms with E-state index < -0.39 is 6.09 Å². The van der Waals surface area contributed by atoms with Gasteiger partial charge in [-0.3, -0.25) is 4.98 Å².